The van der Waals surface area contributed by atoms with E-state index in [2.05, 4.69) is 11.9 Å². The second-order valence-corrected chi connectivity index (χ2v) is 5.63. The number of nitrogens with one attached hydrogen (secondary N) is 1. The SMILES string of the molecule is C=CCCCC[C@@H](c1c(F)ccc(F)c1F)N1CCNCC1. The Morgan fingerprint density at radius 3 is 2.50 bits per heavy atom. The van der Waals surface area contributed by atoms with Gasteiger partial charge >= 0.3 is 0 Å². The van der Waals surface area contributed by atoms with Crippen LogP contribution in [0.15, 0.2) is 24.8 Å². The molecule has 0 aliphatic carbocycles. The van der Waals surface area contributed by atoms with E-state index < -0.39 is 23.5 Å². The van der Waals surface area contributed by atoms with Crippen LogP contribution >= 0.6 is 0 Å². The molecule has 2 rings (SSSR count). The molecule has 1 fully saturated rings. The van der Waals surface area contributed by atoms with E-state index in [-0.39, 0.29) is 5.56 Å². The lowest BCUT2D eigenvalue weighted by Gasteiger charge is -2.35. The van der Waals surface area contributed by atoms with Crippen LogP contribution in [0.1, 0.15) is 37.3 Å². The molecule has 0 bridgehead atoms. The minimum Gasteiger partial charge on any atom is -0.314 e. The van der Waals surface area contributed by atoms with Crippen LogP contribution in [-0.2, 0) is 0 Å². The third kappa shape index (κ3) is 4.11. The van der Waals surface area contributed by atoms with Gasteiger partial charge in [-0.3, -0.25) is 4.90 Å². The van der Waals surface area contributed by atoms with Crippen molar-refractivity contribution in [1.82, 2.24) is 10.2 Å². The first-order chi connectivity index (χ1) is 10.6. The molecule has 2 nitrogen and oxygen atoms in total. The molecular weight excluding hydrogens is 289 g/mol. The van der Waals surface area contributed by atoms with Gasteiger partial charge in [0.1, 0.15) is 5.82 Å². The van der Waals surface area contributed by atoms with Crippen molar-refractivity contribution in [2.75, 3.05) is 26.2 Å². The summed E-state index contributed by atoms with van der Waals surface area (Å²) < 4.78 is 41.9. The molecule has 0 radical (unpaired) electrons. The zero-order valence-electron chi connectivity index (χ0n) is 12.8. The molecule has 0 unspecified atom stereocenters. The van der Waals surface area contributed by atoms with Gasteiger partial charge in [0, 0.05) is 37.8 Å². The molecule has 1 aliphatic rings. The molecule has 122 valence electrons. The Labute approximate surface area is 130 Å². The minimum atomic E-state index is -1.05. The third-order valence-corrected chi connectivity index (χ3v) is 4.14. The molecule has 1 aromatic carbocycles. The quantitative estimate of drug-likeness (QED) is 0.468. The van der Waals surface area contributed by atoms with E-state index in [0.717, 1.165) is 44.5 Å². The Bertz CT molecular complexity index is 499. The largest absolute Gasteiger partial charge is 0.314 e. The van der Waals surface area contributed by atoms with E-state index in [4.69, 9.17) is 0 Å². The molecule has 1 heterocycles. The average molecular weight is 312 g/mol. The van der Waals surface area contributed by atoms with Crippen LogP contribution in [-0.4, -0.2) is 31.1 Å². The first-order valence-electron chi connectivity index (χ1n) is 7.84. The summed E-state index contributed by atoms with van der Waals surface area (Å²) in [5.74, 6) is -2.69. The summed E-state index contributed by atoms with van der Waals surface area (Å²) in [5.41, 5.74) is -0.125. The zero-order valence-corrected chi connectivity index (χ0v) is 12.8. The fourth-order valence-corrected chi connectivity index (χ4v) is 2.98. The van der Waals surface area contributed by atoms with Gasteiger partial charge in [0.15, 0.2) is 11.6 Å². The Hall–Kier alpha value is -1.33. The standard InChI is InChI=1S/C17H23F3N2/c1-2-3-4-5-6-15(22-11-9-21-10-12-22)16-13(18)7-8-14(19)17(16)20/h2,7-8,15,21H,1,3-6,9-12H2/t15-/m0/s1. The minimum absolute atomic E-state index is 0.125. The van der Waals surface area contributed by atoms with Gasteiger partial charge in [-0.1, -0.05) is 12.5 Å². The van der Waals surface area contributed by atoms with Crippen molar-refractivity contribution in [1.29, 1.82) is 0 Å². The number of benzene rings is 1. The second kappa shape index (κ2) is 8.34. The Morgan fingerprint density at radius 2 is 1.82 bits per heavy atom. The maximum absolute atomic E-state index is 14.2. The van der Waals surface area contributed by atoms with E-state index in [1.807, 2.05) is 11.0 Å². The first-order valence-corrected chi connectivity index (χ1v) is 7.84. The number of hydrogen-bond donors (Lipinski definition) is 1. The predicted molar refractivity (Wildman–Crippen MR) is 82.2 cm³/mol. The van der Waals surface area contributed by atoms with Gasteiger partial charge in [-0.2, -0.15) is 0 Å². The summed E-state index contributed by atoms with van der Waals surface area (Å²) in [4.78, 5) is 2.05. The van der Waals surface area contributed by atoms with Crippen LogP contribution in [0.5, 0.6) is 0 Å². The van der Waals surface area contributed by atoms with Crippen molar-refractivity contribution in [3.8, 4) is 0 Å². The molecule has 0 amide bonds. The molecular formula is C17H23F3N2. The van der Waals surface area contributed by atoms with E-state index in [9.17, 15) is 13.2 Å². The van der Waals surface area contributed by atoms with Gasteiger partial charge in [0.2, 0.25) is 0 Å². The fraction of sp³-hybridized carbons (Fsp3) is 0.529. The van der Waals surface area contributed by atoms with Crippen LogP contribution < -0.4 is 5.32 Å². The Balaban J connectivity index is 2.22. The molecule has 22 heavy (non-hydrogen) atoms. The maximum atomic E-state index is 14.2. The molecule has 0 aromatic heterocycles. The molecule has 5 heteroatoms. The normalized spacial score (nSPS) is 17.4. The van der Waals surface area contributed by atoms with E-state index in [0.29, 0.717) is 19.5 Å². The summed E-state index contributed by atoms with van der Waals surface area (Å²) in [5, 5.41) is 3.22. The molecule has 0 spiro atoms. The van der Waals surface area contributed by atoms with Gasteiger partial charge < -0.3 is 5.32 Å². The van der Waals surface area contributed by atoms with Crippen LogP contribution in [0, 0.1) is 17.5 Å². The second-order valence-electron chi connectivity index (χ2n) is 5.63. The highest BCUT2D eigenvalue weighted by molar-refractivity contribution is 5.25. The van der Waals surface area contributed by atoms with Crippen LogP contribution in [0.3, 0.4) is 0 Å². The summed E-state index contributed by atoms with van der Waals surface area (Å²) in [6, 6.07) is 1.45. The van der Waals surface area contributed by atoms with Gasteiger partial charge in [-0.05, 0) is 31.4 Å². The maximum Gasteiger partial charge on any atom is 0.166 e. The lowest BCUT2D eigenvalue weighted by molar-refractivity contribution is 0.155. The highest BCUT2D eigenvalue weighted by Gasteiger charge is 2.28. The number of piperazine rings is 1. The van der Waals surface area contributed by atoms with Crippen LogP contribution in [0.2, 0.25) is 0 Å². The first kappa shape index (κ1) is 17.0. The van der Waals surface area contributed by atoms with Gasteiger partial charge in [0.25, 0.3) is 0 Å². The van der Waals surface area contributed by atoms with E-state index >= 15 is 0 Å². The highest BCUT2D eigenvalue weighted by Crippen LogP contribution is 2.32. The molecule has 1 saturated heterocycles. The molecule has 1 aliphatic heterocycles. The number of nitrogens with zero attached hydrogens (tertiary/aromatic N) is 1. The van der Waals surface area contributed by atoms with Crippen LogP contribution in [0.4, 0.5) is 13.2 Å². The zero-order chi connectivity index (χ0) is 15.9. The van der Waals surface area contributed by atoms with Crippen molar-refractivity contribution in [2.45, 2.75) is 31.7 Å². The van der Waals surface area contributed by atoms with E-state index in [1.54, 1.807) is 0 Å². The molecule has 0 saturated carbocycles. The molecule has 1 N–H and O–H groups in total. The molecule has 1 aromatic rings. The smallest absolute Gasteiger partial charge is 0.166 e. The molecule has 1 atom stereocenters. The summed E-state index contributed by atoms with van der Waals surface area (Å²) in [6.07, 6.45) is 5.08. The fourth-order valence-electron chi connectivity index (χ4n) is 2.98. The average Bonchev–Trinajstić information content (AvgIpc) is 2.54. The monoisotopic (exact) mass is 312 g/mol. The van der Waals surface area contributed by atoms with E-state index in [1.165, 1.54) is 0 Å². The van der Waals surface area contributed by atoms with Gasteiger partial charge in [-0.15, -0.1) is 6.58 Å². The summed E-state index contributed by atoms with van der Waals surface area (Å²) in [6.45, 7) is 6.66. The summed E-state index contributed by atoms with van der Waals surface area (Å²) in [7, 11) is 0. The lowest BCUT2D eigenvalue weighted by atomic mass is 9.96. The number of allylic oxidation sites excluding steroid dienone is 1. The van der Waals surface area contributed by atoms with Crippen molar-refractivity contribution < 1.29 is 13.2 Å². The van der Waals surface area contributed by atoms with Crippen LogP contribution in [0.25, 0.3) is 0 Å². The van der Waals surface area contributed by atoms with Gasteiger partial charge in [0.05, 0.1) is 0 Å². The number of hydrogen-bond acceptors (Lipinski definition) is 2. The third-order valence-electron chi connectivity index (χ3n) is 4.14. The number of rotatable bonds is 7. The summed E-state index contributed by atoms with van der Waals surface area (Å²) >= 11 is 0. The Kier molecular flexibility index (Phi) is 6.46. The number of halogens is 3. The highest BCUT2D eigenvalue weighted by atomic mass is 19.2. The van der Waals surface area contributed by atoms with Gasteiger partial charge in [-0.25, -0.2) is 13.2 Å². The lowest BCUT2D eigenvalue weighted by Crippen LogP contribution is -2.45. The van der Waals surface area contributed by atoms with Crippen molar-refractivity contribution in [2.24, 2.45) is 0 Å². The van der Waals surface area contributed by atoms with Crippen molar-refractivity contribution in [3.63, 3.8) is 0 Å². The van der Waals surface area contributed by atoms with Crippen molar-refractivity contribution in [3.05, 3.63) is 47.8 Å². The van der Waals surface area contributed by atoms with Crippen molar-refractivity contribution >= 4 is 0 Å². The topological polar surface area (TPSA) is 15.3 Å². The Morgan fingerprint density at radius 1 is 1.14 bits per heavy atom. The predicted octanol–water partition coefficient (Wildman–Crippen LogP) is 3.80. The number of unbranched alkanes of at least 4 members (excludes halogenated alkanes) is 2.